The molecule has 9 nitrogen and oxygen atoms in total. The number of ether oxygens (including phenoxy) is 3. The smallest absolute Gasteiger partial charge is 0.493 e. The second-order valence-corrected chi connectivity index (χ2v) is 12.0. The Kier molecular flexibility index (Phi) is 10.0. The molecule has 0 bridgehead atoms. The Morgan fingerprint density at radius 3 is 2.20 bits per heavy atom. The van der Waals surface area contributed by atoms with E-state index in [9.17, 15) is 10.0 Å². The van der Waals surface area contributed by atoms with Crippen LogP contribution in [-0.2, 0) is 45.2 Å². The maximum atomic E-state index is 10.7. The molecule has 0 radical (unpaired) electrons. The SMILES string of the molecule is COc1cc(COC(=S)Nc2ccc3c(c2Cl)B(O)OC3)cc(-c2cc(NC(=S)OCc3ccccc3)c(Cl)c3c2COB3O)c1. The molecule has 15 heteroatoms. The molecule has 4 N–H and O–H groups in total. The standard InChI is InChI=1S/C31H26B2Cl2N2O7S2/c1-40-21-10-18(14-42-30(45)36-24-8-7-19-15-43-32(38)26(19)28(24)34)9-20(11-21)22-12-25(29(35)27-23(22)16-44-33(27)39)37-31(46)41-13-17-5-3-2-4-6-17/h2-12,38-39H,13-16H2,1H3,(H,36,45)(H,37,46). The minimum Gasteiger partial charge on any atom is -0.497 e. The van der Waals surface area contributed by atoms with Crippen LogP contribution in [0.4, 0.5) is 11.4 Å². The first-order chi connectivity index (χ1) is 22.2. The quantitative estimate of drug-likeness (QED) is 0.149. The molecular formula is C31H26B2Cl2N2O7S2. The van der Waals surface area contributed by atoms with Gasteiger partial charge in [0, 0.05) is 10.9 Å². The van der Waals surface area contributed by atoms with E-state index in [-0.39, 0.29) is 41.8 Å². The highest BCUT2D eigenvalue weighted by molar-refractivity contribution is 7.80. The van der Waals surface area contributed by atoms with Crippen molar-refractivity contribution in [2.24, 2.45) is 0 Å². The number of rotatable bonds is 8. The minimum absolute atomic E-state index is 0.0824. The van der Waals surface area contributed by atoms with Crippen molar-refractivity contribution in [1.29, 1.82) is 0 Å². The molecule has 4 aromatic carbocycles. The highest BCUT2D eigenvalue weighted by atomic mass is 35.5. The summed E-state index contributed by atoms with van der Waals surface area (Å²) in [7, 11) is -0.737. The van der Waals surface area contributed by atoms with Gasteiger partial charge >= 0.3 is 14.2 Å². The van der Waals surface area contributed by atoms with Crippen molar-refractivity contribution in [2.45, 2.75) is 26.4 Å². The molecule has 6 rings (SSSR count). The fourth-order valence-corrected chi connectivity index (χ4v) is 6.25. The lowest BCUT2D eigenvalue weighted by Crippen LogP contribution is -2.30. The summed E-state index contributed by atoms with van der Waals surface area (Å²) in [5.41, 5.74) is 6.65. The lowest BCUT2D eigenvalue weighted by molar-refractivity contribution is 0.275. The average Bonchev–Trinajstić information content (AvgIpc) is 3.64. The van der Waals surface area contributed by atoms with E-state index in [1.54, 1.807) is 13.2 Å². The van der Waals surface area contributed by atoms with Gasteiger partial charge in [0.2, 0.25) is 0 Å². The van der Waals surface area contributed by atoms with E-state index in [4.69, 9.17) is 71.2 Å². The Morgan fingerprint density at radius 1 is 0.804 bits per heavy atom. The number of hydrogen-bond donors (Lipinski definition) is 4. The highest BCUT2D eigenvalue weighted by Crippen LogP contribution is 2.37. The van der Waals surface area contributed by atoms with Crippen molar-refractivity contribution >= 4 is 94.5 Å². The Labute approximate surface area is 287 Å². The van der Waals surface area contributed by atoms with Crippen molar-refractivity contribution < 1.29 is 33.6 Å². The van der Waals surface area contributed by atoms with Gasteiger partial charge in [-0.3, -0.25) is 0 Å². The molecule has 0 unspecified atom stereocenters. The third-order valence-electron chi connectivity index (χ3n) is 7.53. The van der Waals surface area contributed by atoms with Crippen LogP contribution in [0.15, 0.2) is 66.7 Å². The zero-order valence-corrected chi connectivity index (χ0v) is 27.5. The van der Waals surface area contributed by atoms with Crippen LogP contribution in [0.3, 0.4) is 0 Å². The summed E-state index contributed by atoms with van der Waals surface area (Å²) in [6.45, 7) is 0.809. The first-order valence-electron chi connectivity index (χ1n) is 14.1. The van der Waals surface area contributed by atoms with Gasteiger partial charge in [-0.25, -0.2) is 0 Å². The Morgan fingerprint density at radius 2 is 1.46 bits per heavy atom. The normalized spacial score (nSPS) is 13.2. The number of thiocarbonyl (C=S) groups is 2. The molecule has 234 valence electrons. The fraction of sp³-hybridized carbons (Fsp3) is 0.161. The topological polar surface area (TPSA) is 111 Å². The molecule has 0 saturated carbocycles. The van der Waals surface area contributed by atoms with Crippen molar-refractivity contribution in [1.82, 2.24) is 0 Å². The predicted molar refractivity (Wildman–Crippen MR) is 188 cm³/mol. The molecule has 2 aliphatic heterocycles. The zero-order valence-electron chi connectivity index (χ0n) is 24.3. The molecule has 4 aromatic rings. The van der Waals surface area contributed by atoms with Crippen molar-refractivity contribution in [2.75, 3.05) is 17.7 Å². The van der Waals surface area contributed by atoms with Crippen LogP contribution in [0, 0.1) is 0 Å². The first kappa shape index (κ1) is 32.5. The molecule has 0 atom stereocenters. The number of benzene rings is 4. The summed E-state index contributed by atoms with van der Waals surface area (Å²) in [5.74, 6) is 0.574. The maximum Gasteiger partial charge on any atom is 0.493 e. The van der Waals surface area contributed by atoms with Crippen LogP contribution in [-0.4, -0.2) is 41.7 Å². The van der Waals surface area contributed by atoms with Gasteiger partial charge in [0.1, 0.15) is 19.0 Å². The average molecular weight is 695 g/mol. The van der Waals surface area contributed by atoms with Crippen LogP contribution in [0.2, 0.25) is 10.0 Å². The van der Waals surface area contributed by atoms with E-state index in [1.165, 1.54) is 0 Å². The molecular weight excluding hydrogens is 669 g/mol. The van der Waals surface area contributed by atoms with E-state index in [2.05, 4.69) is 10.6 Å². The minimum atomic E-state index is -1.21. The second-order valence-electron chi connectivity index (χ2n) is 10.5. The zero-order chi connectivity index (χ0) is 32.4. The van der Waals surface area contributed by atoms with Crippen LogP contribution >= 0.6 is 47.6 Å². The van der Waals surface area contributed by atoms with Gasteiger partial charge in [0.05, 0.1) is 41.7 Å². The van der Waals surface area contributed by atoms with Crippen LogP contribution in [0.5, 0.6) is 5.75 Å². The van der Waals surface area contributed by atoms with Gasteiger partial charge in [-0.1, -0.05) is 59.6 Å². The highest BCUT2D eigenvalue weighted by Gasteiger charge is 2.34. The van der Waals surface area contributed by atoms with E-state index in [1.807, 2.05) is 60.7 Å². The summed E-state index contributed by atoms with van der Waals surface area (Å²) in [6, 6.07) is 20.6. The predicted octanol–water partition coefficient (Wildman–Crippen LogP) is 4.93. The molecule has 2 heterocycles. The summed E-state index contributed by atoms with van der Waals surface area (Å²) in [4.78, 5) is 0. The first-order valence-corrected chi connectivity index (χ1v) is 15.6. The number of anilines is 2. The van der Waals surface area contributed by atoms with Crippen LogP contribution < -0.4 is 26.3 Å². The van der Waals surface area contributed by atoms with E-state index < -0.39 is 14.2 Å². The van der Waals surface area contributed by atoms with Gasteiger partial charge in [-0.15, -0.1) is 0 Å². The third kappa shape index (κ3) is 6.97. The second kappa shape index (κ2) is 14.2. The van der Waals surface area contributed by atoms with E-state index in [0.717, 1.165) is 33.4 Å². The number of nitrogens with one attached hydrogen (secondary N) is 2. The summed E-state index contributed by atoms with van der Waals surface area (Å²) < 4.78 is 28.0. The van der Waals surface area contributed by atoms with Crippen molar-refractivity contribution in [3.8, 4) is 16.9 Å². The van der Waals surface area contributed by atoms with Gasteiger partial charge in [0.25, 0.3) is 10.3 Å². The summed E-state index contributed by atoms with van der Waals surface area (Å²) >= 11 is 24.1. The molecule has 2 aliphatic rings. The largest absolute Gasteiger partial charge is 0.497 e. The molecule has 0 aromatic heterocycles. The number of methoxy groups -OCH3 is 1. The van der Waals surface area contributed by atoms with E-state index in [0.29, 0.717) is 33.1 Å². The van der Waals surface area contributed by atoms with Gasteiger partial charge in [-0.2, -0.15) is 0 Å². The lowest BCUT2D eigenvalue weighted by atomic mass is 9.77. The third-order valence-corrected chi connectivity index (χ3v) is 8.78. The van der Waals surface area contributed by atoms with Crippen LogP contribution in [0.1, 0.15) is 22.3 Å². The molecule has 0 fully saturated rings. The van der Waals surface area contributed by atoms with Gasteiger partial charge in [-0.05, 0) is 88.1 Å². The Balaban J connectivity index is 1.22. The fourth-order valence-electron chi connectivity index (χ4n) is 5.28. The summed E-state index contributed by atoms with van der Waals surface area (Å²) in [5, 5.41) is 27.6. The van der Waals surface area contributed by atoms with E-state index >= 15 is 0 Å². The summed E-state index contributed by atoms with van der Waals surface area (Å²) in [6.07, 6.45) is 0. The number of halogens is 2. The lowest BCUT2D eigenvalue weighted by Gasteiger charge is -2.18. The van der Waals surface area contributed by atoms with Gasteiger partial charge < -0.3 is 44.2 Å². The molecule has 0 saturated heterocycles. The maximum absolute atomic E-state index is 10.7. The molecule has 0 amide bonds. The number of hydrogen-bond acceptors (Lipinski definition) is 9. The Bertz CT molecular complexity index is 1820. The Hall–Kier alpha value is -3.39. The molecule has 0 spiro atoms. The van der Waals surface area contributed by atoms with Crippen molar-refractivity contribution in [3.63, 3.8) is 0 Å². The van der Waals surface area contributed by atoms with Crippen LogP contribution in [0.25, 0.3) is 11.1 Å². The van der Waals surface area contributed by atoms with Gasteiger partial charge in [0.15, 0.2) is 0 Å². The van der Waals surface area contributed by atoms with Crippen molar-refractivity contribution in [3.05, 3.63) is 99.0 Å². The molecule has 46 heavy (non-hydrogen) atoms. The molecule has 0 aliphatic carbocycles. The number of fused-ring (bicyclic) bond motifs is 2. The monoisotopic (exact) mass is 694 g/mol.